The number of alkyl halides is 3. The monoisotopic (exact) mass is 412 g/mol. The van der Waals surface area contributed by atoms with Crippen LogP contribution >= 0.6 is 50.7 Å². The average Bonchev–Trinajstić information content (AvgIpc) is 2.45. The van der Waals surface area contributed by atoms with Gasteiger partial charge in [0.15, 0.2) is 0 Å². The predicted molar refractivity (Wildman–Crippen MR) is 91.1 cm³/mol. The molecule has 0 saturated carbocycles. The fraction of sp³-hybridized carbons (Fsp3) is 0.500. The molecule has 7 heteroatoms. The van der Waals surface area contributed by atoms with Gasteiger partial charge in [0.05, 0.1) is 0 Å². The topological polar surface area (TPSA) is 32.3 Å². The molecule has 0 aliphatic carbocycles. The third-order valence-corrected chi connectivity index (χ3v) is 4.59. The van der Waals surface area contributed by atoms with Gasteiger partial charge in [-0.05, 0) is 37.1 Å². The molecule has 3 nitrogen and oxygen atoms in total. The quantitative estimate of drug-likeness (QED) is 0.746. The minimum absolute atomic E-state index is 0.246. The minimum Gasteiger partial charge on any atom is -0.332 e. The first-order valence-corrected chi connectivity index (χ1v) is 8.68. The van der Waals surface area contributed by atoms with Crippen molar-refractivity contribution in [3.05, 3.63) is 34.3 Å². The Balaban J connectivity index is 2.10. The van der Waals surface area contributed by atoms with Crippen LogP contribution in [-0.2, 0) is 0 Å². The van der Waals surface area contributed by atoms with Crippen molar-refractivity contribution in [2.75, 3.05) is 13.1 Å². The zero-order chi connectivity index (χ0) is 15.5. The average molecular weight is 415 g/mol. The fourth-order valence-electron chi connectivity index (χ4n) is 2.37. The summed E-state index contributed by atoms with van der Waals surface area (Å²) in [6.45, 7) is 1.64. The standard InChI is InChI=1S/C14H16BrCl3N2O/c15-11-6-4-10(5-7-11)12(21)19-13(14(16,17)18)20-8-2-1-3-9-20/h4-7,13H,1-3,8-9H2,(H,19,21)/t13-/m1/s1. The predicted octanol–water partition coefficient (Wildman–Crippen LogP) is 4.36. The van der Waals surface area contributed by atoms with Crippen molar-refractivity contribution < 1.29 is 4.79 Å². The van der Waals surface area contributed by atoms with Gasteiger partial charge in [-0.1, -0.05) is 57.2 Å². The number of hydrogen-bond acceptors (Lipinski definition) is 2. The Labute approximate surface area is 148 Å². The SMILES string of the molecule is O=C(N[C@H](N1CCCCC1)C(Cl)(Cl)Cl)c1ccc(Br)cc1. The second-order valence-corrected chi connectivity index (χ2v) is 8.31. The van der Waals surface area contributed by atoms with E-state index in [0.717, 1.165) is 30.4 Å². The van der Waals surface area contributed by atoms with Gasteiger partial charge in [-0.25, -0.2) is 0 Å². The van der Waals surface area contributed by atoms with Crippen LogP contribution in [0, 0.1) is 0 Å². The first kappa shape index (κ1) is 17.4. The lowest BCUT2D eigenvalue weighted by molar-refractivity contribution is 0.0819. The Morgan fingerprint density at radius 1 is 1.14 bits per heavy atom. The summed E-state index contributed by atoms with van der Waals surface area (Å²) in [7, 11) is 0. The number of hydrogen-bond donors (Lipinski definition) is 1. The normalized spacial score (nSPS) is 18.3. The molecule has 1 amide bonds. The molecule has 1 aromatic carbocycles. The molecule has 0 radical (unpaired) electrons. The van der Waals surface area contributed by atoms with Gasteiger partial charge in [-0.15, -0.1) is 0 Å². The largest absolute Gasteiger partial charge is 0.332 e. The van der Waals surface area contributed by atoms with Crippen molar-refractivity contribution in [2.24, 2.45) is 0 Å². The van der Waals surface area contributed by atoms with E-state index in [1.807, 2.05) is 4.90 Å². The summed E-state index contributed by atoms with van der Waals surface area (Å²) < 4.78 is -0.657. The Morgan fingerprint density at radius 2 is 1.71 bits per heavy atom. The maximum absolute atomic E-state index is 12.3. The highest BCUT2D eigenvalue weighted by atomic mass is 79.9. The zero-order valence-electron chi connectivity index (χ0n) is 11.3. The zero-order valence-corrected chi connectivity index (χ0v) is 15.1. The molecule has 0 bridgehead atoms. The maximum atomic E-state index is 12.3. The maximum Gasteiger partial charge on any atom is 0.252 e. The molecule has 116 valence electrons. The van der Waals surface area contributed by atoms with Gasteiger partial charge in [0.2, 0.25) is 3.79 Å². The Morgan fingerprint density at radius 3 is 2.24 bits per heavy atom. The number of halogens is 4. The van der Waals surface area contributed by atoms with E-state index in [1.165, 1.54) is 6.42 Å². The smallest absolute Gasteiger partial charge is 0.252 e. The summed E-state index contributed by atoms with van der Waals surface area (Å²) in [5.41, 5.74) is 0.537. The van der Waals surface area contributed by atoms with Gasteiger partial charge in [0, 0.05) is 23.1 Å². The van der Waals surface area contributed by atoms with Crippen LogP contribution < -0.4 is 5.32 Å². The van der Waals surface area contributed by atoms with Crippen molar-refractivity contribution in [2.45, 2.75) is 29.2 Å². The summed E-state index contributed by atoms with van der Waals surface area (Å²) in [5, 5.41) is 2.84. The highest BCUT2D eigenvalue weighted by Gasteiger charge is 2.38. The molecule has 0 unspecified atom stereocenters. The van der Waals surface area contributed by atoms with Gasteiger partial charge < -0.3 is 5.32 Å². The summed E-state index contributed by atoms with van der Waals surface area (Å²) in [6, 6.07) is 7.07. The van der Waals surface area contributed by atoms with Crippen LogP contribution in [0.15, 0.2) is 28.7 Å². The number of rotatable bonds is 3. The van der Waals surface area contributed by atoms with Crippen molar-refractivity contribution >= 4 is 56.6 Å². The molecule has 1 aliphatic heterocycles. The highest BCUT2D eigenvalue weighted by molar-refractivity contribution is 9.10. The lowest BCUT2D eigenvalue weighted by atomic mass is 10.1. The van der Waals surface area contributed by atoms with Crippen LogP contribution in [0.2, 0.25) is 0 Å². The van der Waals surface area contributed by atoms with E-state index in [2.05, 4.69) is 21.2 Å². The molecule has 1 aliphatic rings. The van der Waals surface area contributed by atoms with Crippen LogP contribution in [0.1, 0.15) is 29.6 Å². The fourth-order valence-corrected chi connectivity index (χ4v) is 3.21. The number of carbonyl (C=O) groups excluding carboxylic acids is 1. The van der Waals surface area contributed by atoms with E-state index in [0.29, 0.717) is 5.56 Å². The van der Waals surface area contributed by atoms with Crippen LogP contribution in [0.25, 0.3) is 0 Å². The highest BCUT2D eigenvalue weighted by Crippen LogP contribution is 2.33. The molecule has 1 aromatic rings. The number of nitrogens with zero attached hydrogens (tertiary/aromatic N) is 1. The molecule has 1 fully saturated rings. The lowest BCUT2D eigenvalue weighted by Gasteiger charge is -2.38. The minimum atomic E-state index is -1.57. The van der Waals surface area contributed by atoms with Crippen molar-refractivity contribution in [1.29, 1.82) is 0 Å². The molecule has 0 spiro atoms. The molecule has 2 rings (SSSR count). The van der Waals surface area contributed by atoms with Crippen LogP contribution in [0.3, 0.4) is 0 Å². The van der Waals surface area contributed by atoms with E-state index in [9.17, 15) is 4.79 Å². The Hall–Kier alpha value is -0.000000000000000167. The van der Waals surface area contributed by atoms with E-state index in [1.54, 1.807) is 24.3 Å². The molecule has 1 saturated heterocycles. The van der Waals surface area contributed by atoms with Crippen LogP contribution in [-0.4, -0.2) is 33.9 Å². The van der Waals surface area contributed by atoms with Gasteiger partial charge in [0.25, 0.3) is 5.91 Å². The number of amides is 1. The number of likely N-dealkylation sites (tertiary alicyclic amines) is 1. The van der Waals surface area contributed by atoms with E-state index >= 15 is 0 Å². The van der Waals surface area contributed by atoms with Crippen molar-refractivity contribution in [1.82, 2.24) is 10.2 Å². The van der Waals surface area contributed by atoms with Gasteiger partial charge in [-0.3, -0.25) is 9.69 Å². The Kier molecular flexibility index (Phi) is 6.21. The van der Waals surface area contributed by atoms with Crippen molar-refractivity contribution in [3.63, 3.8) is 0 Å². The van der Waals surface area contributed by atoms with Crippen LogP contribution in [0.5, 0.6) is 0 Å². The molecular weight excluding hydrogens is 398 g/mol. The summed E-state index contributed by atoms with van der Waals surface area (Å²) in [4.78, 5) is 14.3. The van der Waals surface area contributed by atoms with E-state index in [4.69, 9.17) is 34.8 Å². The molecule has 1 N–H and O–H groups in total. The lowest BCUT2D eigenvalue weighted by Crippen LogP contribution is -2.56. The number of benzene rings is 1. The Bertz CT molecular complexity index is 484. The molecule has 0 aromatic heterocycles. The van der Waals surface area contributed by atoms with Gasteiger partial charge in [-0.2, -0.15) is 0 Å². The van der Waals surface area contributed by atoms with Crippen molar-refractivity contribution in [3.8, 4) is 0 Å². The molecular formula is C14H16BrCl3N2O. The number of piperidine rings is 1. The first-order valence-electron chi connectivity index (χ1n) is 6.75. The number of carbonyl (C=O) groups is 1. The molecule has 1 heterocycles. The summed E-state index contributed by atoms with van der Waals surface area (Å²) >= 11 is 21.5. The second kappa shape index (κ2) is 7.51. The first-order chi connectivity index (χ1) is 9.88. The third kappa shape index (κ3) is 5.00. The second-order valence-electron chi connectivity index (χ2n) is 5.02. The summed E-state index contributed by atoms with van der Waals surface area (Å²) in [5.74, 6) is -0.246. The van der Waals surface area contributed by atoms with Gasteiger partial charge >= 0.3 is 0 Å². The third-order valence-electron chi connectivity index (χ3n) is 3.44. The number of nitrogens with one attached hydrogen (secondary N) is 1. The van der Waals surface area contributed by atoms with E-state index in [-0.39, 0.29) is 5.91 Å². The molecule has 1 atom stereocenters. The summed E-state index contributed by atoms with van der Waals surface area (Å²) in [6.07, 6.45) is 2.64. The van der Waals surface area contributed by atoms with E-state index < -0.39 is 9.96 Å². The van der Waals surface area contributed by atoms with Gasteiger partial charge in [0.1, 0.15) is 6.17 Å². The van der Waals surface area contributed by atoms with Crippen LogP contribution in [0.4, 0.5) is 0 Å². The molecule has 21 heavy (non-hydrogen) atoms.